The van der Waals surface area contributed by atoms with E-state index in [9.17, 15) is 15.2 Å². The third kappa shape index (κ3) is 5.20. The van der Waals surface area contributed by atoms with Crippen LogP contribution in [0.4, 0.5) is 11.4 Å². The van der Waals surface area contributed by atoms with Crippen molar-refractivity contribution in [2.75, 3.05) is 13.7 Å². The van der Waals surface area contributed by atoms with E-state index < -0.39 is 4.92 Å². The monoisotopic (exact) mass is 358 g/mol. The Bertz CT molecular complexity index is 803. The van der Waals surface area contributed by atoms with E-state index in [-0.39, 0.29) is 17.1 Å². The maximum Gasteiger partial charge on any atom is 0.273 e. The van der Waals surface area contributed by atoms with Crippen LogP contribution in [0.15, 0.2) is 41.4 Å². The van der Waals surface area contributed by atoms with Crippen molar-refractivity contribution in [1.29, 1.82) is 0 Å². The molecule has 0 saturated carbocycles. The number of nitrogens with zero attached hydrogens (tertiary/aromatic N) is 2. The molecule has 0 unspecified atom stereocenters. The molecule has 0 atom stereocenters. The van der Waals surface area contributed by atoms with Crippen LogP contribution in [-0.4, -0.2) is 30.0 Å². The summed E-state index contributed by atoms with van der Waals surface area (Å²) in [4.78, 5) is 14.3. The molecule has 0 fully saturated rings. The summed E-state index contributed by atoms with van der Waals surface area (Å²) in [5.41, 5.74) is 0.800. The number of phenols is 1. The van der Waals surface area contributed by atoms with Crippen molar-refractivity contribution >= 4 is 17.6 Å². The molecule has 0 aromatic heterocycles. The highest BCUT2D eigenvalue weighted by Crippen LogP contribution is 2.31. The highest BCUT2D eigenvalue weighted by atomic mass is 16.6. The normalized spacial score (nSPS) is 11.1. The summed E-state index contributed by atoms with van der Waals surface area (Å²) in [6.07, 6.45) is 2.49. The Hall–Kier alpha value is -3.09. The Morgan fingerprint density at radius 3 is 2.62 bits per heavy atom. The molecule has 0 bridgehead atoms. The Labute approximate surface area is 152 Å². The zero-order valence-corrected chi connectivity index (χ0v) is 15.0. The van der Waals surface area contributed by atoms with E-state index in [0.29, 0.717) is 24.0 Å². The lowest BCUT2D eigenvalue weighted by atomic mass is 10.1. The lowest BCUT2D eigenvalue weighted by Gasteiger charge is -2.12. The number of nitro benzene ring substituents is 1. The fraction of sp³-hybridized carbons (Fsp3) is 0.316. The Kier molecular flexibility index (Phi) is 6.54. The van der Waals surface area contributed by atoms with E-state index in [0.717, 1.165) is 18.1 Å². The molecule has 7 nitrogen and oxygen atoms in total. The average molecular weight is 358 g/mol. The minimum absolute atomic E-state index is 0.189. The van der Waals surface area contributed by atoms with Gasteiger partial charge < -0.3 is 14.6 Å². The van der Waals surface area contributed by atoms with Gasteiger partial charge in [0.25, 0.3) is 5.69 Å². The summed E-state index contributed by atoms with van der Waals surface area (Å²) in [7, 11) is 1.56. The predicted molar refractivity (Wildman–Crippen MR) is 100.0 cm³/mol. The fourth-order valence-corrected chi connectivity index (χ4v) is 2.17. The van der Waals surface area contributed by atoms with Gasteiger partial charge in [-0.1, -0.05) is 13.8 Å². The van der Waals surface area contributed by atoms with Gasteiger partial charge in [0.2, 0.25) is 0 Å². The summed E-state index contributed by atoms with van der Waals surface area (Å²) in [5.74, 6) is 1.55. The first-order valence-corrected chi connectivity index (χ1v) is 8.23. The fourth-order valence-electron chi connectivity index (χ4n) is 2.17. The quantitative estimate of drug-likeness (QED) is 0.426. The second-order valence-electron chi connectivity index (χ2n) is 6.13. The Balaban J connectivity index is 2.14. The molecule has 0 amide bonds. The van der Waals surface area contributed by atoms with E-state index in [1.54, 1.807) is 25.5 Å². The van der Waals surface area contributed by atoms with Gasteiger partial charge in [-0.2, -0.15) is 0 Å². The second-order valence-corrected chi connectivity index (χ2v) is 6.13. The summed E-state index contributed by atoms with van der Waals surface area (Å²) >= 11 is 0. The van der Waals surface area contributed by atoms with Gasteiger partial charge in [-0.25, -0.2) is 0 Å². The molecule has 0 aliphatic carbocycles. The summed E-state index contributed by atoms with van der Waals surface area (Å²) < 4.78 is 11.1. The van der Waals surface area contributed by atoms with Crippen LogP contribution in [0.2, 0.25) is 0 Å². The number of hydrogen-bond donors (Lipinski definition) is 1. The van der Waals surface area contributed by atoms with Gasteiger partial charge in [0.15, 0.2) is 11.5 Å². The van der Waals surface area contributed by atoms with Crippen LogP contribution in [0.3, 0.4) is 0 Å². The molecule has 0 radical (unpaired) electrons. The van der Waals surface area contributed by atoms with E-state index in [1.807, 2.05) is 6.07 Å². The van der Waals surface area contributed by atoms with Crippen LogP contribution in [0.25, 0.3) is 0 Å². The van der Waals surface area contributed by atoms with Gasteiger partial charge in [0.1, 0.15) is 11.4 Å². The average Bonchev–Trinajstić information content (AvgIpc) is 2.60. The molecule has 26 heavy (non-hydrogen) atoms. The molecule has 7 heteroatoms. The molecule has 2 aromatic rings. The third-order valence-electron chi connectivity index (χ3n) is 3.66. The molecule has 0 aliphatic heterocycles. The van der Waals surface area contributed by atoms with Crippen LogP contribution in [0.5, 0.6) is 17.2 Å². The summed E-state index contributed by atoms with van der Waals surface area (Å²) in [6.45, 7) is 4.87. The first kappa shape index (κ1) is 19.2. The van der Waals surface area contributed by atoms with Crippen molar-refractivity contribution in [3.63, 3.8) is 0 Å². The molecule has 138 valence electrons. The molecule has 0 spiro atoms. The molecule has 0 aliphatic rings. The number of aromatic hydroxyl groups is 1. The van der Waals surface area contributed by atoms with Crippen LogP contribution in [-0.2, 0) is 0 Å². The number of hydrogen-bond acceptors (Lipinski definition) is 6. The Morgan fingerprint density at radius 1 is 1.23 bits per heavy atom. The lowest BCUT2D eigenvalue weighted by Crippen LogP contribution is -2.02. The van der Waals surface area contributed by atoms with Gasteiger partial charge in [0, 0.05) is 12.3 Å². The van der Waals surface area contributed by atoms with Crippen LogP contribution in [0, 0.1) is 16.0 Å². The number of rotatable bonds is 8. The lowest BCUT2D eigenvalue weighted by molar-refractivity contribution is -0.384. The standard InChI is InChI=1S/C19H22N2O5/c1-13(2)8-9-26-18-7-4-14(10-19(18)25-3)12-20-16-6-5-15(21(23)24)11-17(16)22/h4-7,10-13,22H,8-9H2,1-3H3. The first-order valence-electron chi connectivity index (χ1n) is 8.23. The highest BCUT2D eigenvalue weighted by molar-refractivity contribution is 5.84. The number of benzene rings is 2. The third-order valence-corrected chi connectivity index (χ3v) is 3.66. The molecule has 2 rings (SSSR count). The summed E-state index contributed by atoms with van der Waals surface area (Å²) in [6, 6.07) is 9.15. The van der Waals surface area contributed by atoms with Crippen molar-refractivity contribution in [1.82, 2.24) is 0 Å². The van der Waals surface area contributed by atoms with Crippen molar-refractivity contribution < 1.29 is 19.5 Å². The van der Waals surface area contributed by atoms with Crippen LogP contribution < -0.4 is 9.47 Å². The van der Waals surface area contributed by atoms with E-state index in [1.165, 1.54) is 12.1 Å². The Morgan fingerprint density at radius 2 is 2.00 bits per heavy atom. The van der Waals surface area contributed by atoms with Gasteiger partial charge in [-0.15, -0.1) is 0 Å². The van der Waals surface area contributed by atoms with Crippen LogP contribution >= 0.6 is 0 Å². The van der Waals surface area contributed by atoms with E-state index in [2.05, 4.69) is 18.8 Å². The maximum absolute atomic E-state index is 10.7. The minimum atomic E-state index is -0.573. The number of methoxy groups -OCH3 is 1. The molecular formula is C19H22N2O5. The maximum atomic E-state index is 10.7. The zero-order chi connectivity index (χ0) is 19.1. The van der Waals surface area contributed by atoms with Gasteiger partial charge in [-0.3, -0.25) is 15.1 Å². The van der Waals surface area contributed by atoms with Gasteiger partial charge in [0.05, 0.1) is 24.7 Å². The smallest absolute Gasteiger partial charge is 0.273 e. The number of nitro groups is 1. The predicted octanol–water partition coefficient (Wildman–Crippen LogP) is 4.48. The van der Waals surface area contributed by atoms with E-state index in [4.69, 9.17) is 9.47 Å². The van der Waals surface area contributed by atoms with E-state index >= 15 is 0 Å². The van der Waals surface area contributed by atoms with Crippen molar-refractivity contribution in [3.05, 3.63) is 52.1 Å². The number of aliphatic imine (C=N–C) groups is 1. The molecule has 1 N–H and O–H groups in total. The largest absolute Gasteiger partial charge is 0.505 e. The molecule has 0 heterocycles. The number of phenolic OH excluding ortho intramolecular Hbond substituents is 1. The van der Waals surface area contributed by atoms with Gasteiger partial charge in [-0.05, 0) is 42.2 Å². The minimum Gasteiger partial charge on any atom is -0.505 e. The van der Waals surface area contributed by atoms with Crippen molar-refractivity contribution in [2.24, 2.45) is 10.9 Å². The topological polar surface area (TPSA) is 94.2 Å². The summed E-state index contributed by atoms with van der Waals surface area (Å²) in [5, 5.41) is 20.5. The van der Waals surface area contributed by atoms with Crippen LogP contribution in [0.1, 0.15) is 25.8 Å². The molecular weight excluding hydrogens is 336 g/mol. The zero-order valence-electron chi connectivity index (χ0n) is 15.0. The molecule has 2 aromatic carbocycles. The molecule has 0 saturated heterocycles. The van der Waals surface area contributed by atoms with Gasteiger partial charge >= 0.3 is 0 Å². The SMILES string of the molecule is COc1cc(C=Nc2ccc([N+](=O)[O-])cc2O)ccc1OCCC(C)C. The van der Waals surface area contributed by atoms with Crippen molar-refractivity contribution in [3.8, 4) is 17.2 Å². The number of non-ortho nitro benzene ring substituents is 1. The number of ether oxygens (including phenoxy) is 2. The highest BCUT2D eigenvalue weighted by Gasteiger charge is 2.09. The van der Waals surface area contributed by atoms with Crippen molar-refractivity contribution in [2.45, 2.75) is 20.3 Å². The first-order chi connectivity index (χ1) is 12.4. The second kappa shape index (κ2) is 8.84.